The van der Waals surface area contributed by atoms with Crippen LogP contribution in [-0.2, 0) is 5.60 Å². The predicted molar refractivity (Wildman–Crippen MR) is 65.5 cm³/mol. The minimum atomic E-state index is -0.980. The highest BCUT2D eigenvalue weighted by atomic mass is 32.1. The Morgan fingerprint density at radius 2 is 2.19 bits per heavy atom. The molecule has 2 rings (SSSR count). The fourth-order valence-electron chi connectivity index (χ4n) is 1.94. The Labute approximate surface area is 99.5 Å². The van der Waals surface area contributed by atoms with E-state index in [0.717, 1.165) is 4.88 Å². The van der Waals surface area contributed by atoms with Crippen molar-refractivity contribution in [2.45, 2.75) is 25.9 Å². The highest BCUT2D eigenvalue weighted by Crippen LogP contribution is 2.38. The third kappa shape index (κ3) is 2.06. The van der Waals surface area contributed by atoms with Crippen LogP contribution in [0, 0.1) is 5.92 Å². The van der Waals surface area contributed by atoms with Gasteiger partial charge in [0.15, 0.2) is 5.60 Å². The molecular weight excluding hydrogens is 220 g/mol. The van der Waals surface area contributed by atoms with Gasteiger partial charge in [-0.2, -0.15) is 0 Å². The summed E-state index contributed by atoms with van der Waals surface area (Å²) in [6.45, 7) is 4.20. The van der Waals surface area contributed by atoms with Gasteiger partial charge in [-0.15, -0.1) is 11.3 Å². The molecule has 2 aromatic heterocycles. The zero-order valence-electron chi connectivity index (χ0n) is 9.51. The van der Waals surface area contributed by atoms with E-state index in [1.165, 1.54) is 0 Å². The van der Waals surface area contributed by atoms with Crippen LogP contribution in [0.25, 0.3) is 0 Å². The van der Waals surface area contributed by atoms with Crippen molar-refractivity contribution in [3.05, 3.63) is 46.5 Å². The molecule has 0 aliphatic rings. The van der Waals surface area contributed by atoms with Crippen molar-refractivity contribution >= 4 is 11.3 Å². The van der Waals surface area contributed by atoms with Crippen molar-refractivity contribution < 1.29 is 9.52 Å². The maximum atomic E-state index is 10.8. The quantitative estimate of drug-likeness (QED) is 0.879. The van der Waals surface area contributed by atoms with Crippen molar-refractivity contribution in [1.29, 1.82) is 0 Å². The van der Waals surface area contributed by atoms with Gasteiger partial charge < -0.3 is 9.52 Å². The van der Waals surface area contributed by atoms with Crippen LogP contribution in [0.3, 0.4) is 0 Å². The van der Waals surface area contributed by atoms with Crippen molar-refractivity contribution in [1.82, 2.24) is 0 Å². The van der Waals surface area contributed by atoms with Crippen molar-refractivity contribution in [2.24, 2.45) is 5.92 Å². The Kier molecular flexibility index (Phi) is 3.17. The summed E-state index contributed by atoms with van der Waals surface area (Å²) in [6.07, 6.45) is 2.27. The van der Waals surface area contributed by atoms with Gasteiger partial charge in [-0.3, -0.25) is 0 Å². The van der Waals surface area contributed by atoms with Crippen LogP contribution in [0.4, 0.5) is 0 Å². The number of hydrogen-bond donors (Lipinski definition) is 1. The average molecular weight is 236 g/mol. The molecule has 0 saturated carbocycles. The summed E-state index contributed by atoms with van der Waals surface area (Å²) in [5.41, 5.74) is -0.980. The molecule has 2 heterocycles. The van der Waals surface area contributed by atoms with E-state index >= 15 is 0 Å². The summed E-state index contributed by atoms with van der Waals surface area (Å²) < 4.78 is 5.38. The number of furan rings is 1. The second-order valence-corrected chi connectivity index (χ2v) is 5.36. The summed E-state index contributed by atoms with van der Waals surface area (Å²) in [7, 11) is 0. The molecule has 16 heavy (non-hydrogen) atoms. The number of rotatable bonds is 4. The summed E-state index contributed by atoms with van der Waals surface area (Å²) in [5, 5.41) is 12.8. The first-order chi connectivity index (χ1) is 7.63. The Morgan fingerprint density at radius 3 is 2.69 bits per heavy atom. The van der Waals surface area contributed by atoms with E-state index in [-0.39, 0.29) is 0 Å². The van der Waals surface area contributed by atoms with Crippen LogP contribution in [0.15, 0.2) is 40.3 Å². The predicted octanol–water partition coefficient (Wildman–Crippen LogP) is 3.62. The van der Waals surface area contributed by atoms with E-state index in [9.17, 15) is 5.11 Å². The molecule has 2 aromatic rings. The molecule has 0 spiro atoms. The molecule has 0 aromatic carbocycles. The van der Waals surface area contributed by atoms with Gasteiger partial charge in [0.25, 0.3) is 0 Å². The van der Waals surface area contributed by atoms with Crippen LogP contribution in [0.2, 0.25) is 0 Å². The summed E-state index contributed by atoms with van der Waals surface area (Å²) >= 11 is 1.56. The first-order valence-corrected chi connectivity index (χ1v) is 6.31. The van der Waals surface area contributed by atoms with Crippen molar-refractivity contribution in [2.75, 3.05) is 0 Å². The fraction of sp³-hybridized carbons (Fsp3) is 0.385. The Hall–Kier alpha value is -1.06. The lowest BCUT2D eigenvalue weighted by Gasteiger charge is -2.26. The van der Waals surface area contributed by atoms with Gasteiger partial charge in [-0.25, -0.2) is 0 Å². The summed E-state index contributed by atoms with van der Waals surface area (Å²) in [6, 6.07) is 7.56. The highest BCUT2D eigenvalue weighted by Gasteiger charge is 2.35. The van der Waals surface area contributed by atoms with Crippen LogP contribution in [0.1, 0.15) is 30.9 Å². The van der Waals surface area contributed by atoms with Crippen LogP contribution in [0.5, 0.6) is 0 Å². The molecule has 1 atom stereocenters. The van der Waals surface area contributed by atoms with Gasteiger partial charge in [0.05, 0.1) is 6.26 Å². The minimum Gasteiger partial charge on any atom is -0.466 e. The molecule has 3 heteroatoms. The third-order valence-electron chi connectivity index (χ3n) is 2.56. The average Bonchev–Trinajstić information content (AvgIpc) is 2.91. The molecular formula is C13H16O2S. The van der Waals surface area contributed by atoms with Gasteiger partial charge in [-0.05, 0) is 35.9 Å². The van der Waals surface area contributed by atoms with E-state index in [1.54, 1.807) is 17.6 Å². The topological polar surface area (TPSA) is 33.4 Å². The third-order valence-corrected chi connectivity index (χ3v) is 3.58. The van der Waals surface area contributed by atoms with Crippen molar-refractivity contribution in [3.63, 3.8) is 0 Å². The first-order valence-electron chi connectivity index (χ1n) is 5.43. The highest BCUT2D eigenvalue weighted by molar-refractivity contribution is 7.10. The van der Waals surface area contributed by atoms with E-state index in [0.29, 0.717) is 18.1 Å². The molecule has 2 nitrogen and oxygen atoms in total. The van der Waals surface area contributed by atoms with Gasteiger partial charge in [0, 0.05) is 4.88 Å². The fourth-order valence-corrected chi connectivity index (χ4v) is 2.78. The molecule has 1 unspecified atom stereocenters. The molecule has 86 valence electrons. The standard InChI is InChI=1S/C13H16O2S/c1-10(2)9-13(14,11-5-3-7-15-11)12-6-4-8-16-12/h3-8,10,14H,9H2,1-2H3. The Morgan fingerprint density at radius 1 is 1.38 bits per heavy atom. The largest absolute Gasteiger partial charge is 0.466 e. The molecule has 0 bridgehead atoms. The van der Waals surface area contributed by atoms with E-state index in [4.69, 9.17) is 4.42 Å². The molecule has 1 N–H and O–H groups in total. The summed E-state index contributed by atoms with van der Waals surface area (Å²) in [4.78, 5) is 0.941. The van der Waals surface area contributed by atoms with Crippen molar-refractivity contribution in [3.8, 4) is 0 Å². The maximum Gasteiger partial charge on any atom is 0.156 e. The first kappa shape index (κ1) is 11.4. The van der Waals surface area contributed by atoms with Crippen LogP contribution in [-0.4, -0.2) is 5.11 Å². The van der Waals surface area contributed by atoms with Gasteiger partial charge in [-0.1, -0.05) is 19.9 Å². The lowest BCUT2D eigenvalue weighted by molar-refractivity contribution is 0.0389. The number of hydrogen-bond acceptors (Lipinski definition) is 3. The Balaban J connectivity index is 2.41. The molecule has 0 fully saturated rings. The van der Waals surface area contributed by atoms with Gasteiger partial charge >= 0.3 is 0 Å². The molecule has 0 aliphatic heterocycles. The number of thiophene rings is 1. The second-order valence-electron chi connectivity index (χ2n) is 4.41. The second kappa shape index (κ2) is 4.44. The summed E-state index contributed by atoms with van der Waals surface area (Å²) in [5.74, 6) is 1.03. The minimum absolute atomic E-state index is 0.400. The Bertz CT molecular complexity index is 380. The van der Waals surface area contributed by atoms with Gasteiger partial charge in [0.2, 0.25) is 0 Å². The molecule has 0 radical (unpaired) electrons. The normalized spacial score (nSPS) is 15.2. The van der Waals surface area contributed by atoms with E-state index < -0.39 is 5.60 Å². The zero-order valence-corrected chi connectivity index (χ0v) is 10.3. The van der Waals surface area contributed by atoms with Crippen LogP contribution >= 0.6 is 11.3 Å². The monoisotopic (exact) mass is 236 g/mol. The molecule has 0 saturated heterocycles. The SMILES string of the molecule is CC(C)CC(O)(c1ccco1)c1cccs1. The number of aliphatic hydroxyl groups is 1. The molecule has 0 amide bonds. The van der Waals surface area contributed by atoms with Gasteiger partial charge in [0.1, 0.15) is 5.76 Å². The lowest BCUT2D eigenvalue weighted by Crippen LogP contribution is -2.27. The molecule has 0 aliphatic carbocycles. The maximum absolute atomic E-state index is 10.8. The van der Waals surface area contributed by atoms with E-state index in [1.807, 2.05) is 29.6 Å². The van der Waals surface area contributed by atoms with E-state index in [2.05, 4.69) is 13.8 Å². The lowest BCUT2D eigenvalue weighted by atomic mass is 9.88. The van der Waals surface area contributed by atoms with Crippen LogP contribution < -0.4 is 0 Å². The zero-order chi connectivity index (χ0) is 11.6. The smallest absolute Gasteiger partial charge is 0.156 e.